The highest BCUT2D eigenvalue weighted by atomic mass is 16.5. The molecular weight excluding hydrogens is 268 g/mol. The Hall–Kier alpha value is -2.69. The van der Waals surface area contributed by atoms with Crippen LogP contribution in [-0.4, -0.2) is 29.7 Å². The Balaban J connectivity index is 2.33. The van der Waals surface area contributed by atoms with Crippen molar-refractivity contribution in [1.82, 2.24) is 9.97 Å². The van der Waals surface area contributed by atoms with Crippen molar-refractivity contribution < 1.29 is 14.3 Å². The fourth-order valence-corrected chi connectivity index (χ4v) is 1.84. The molecule has 1 aromatic carbocycles. The lowest BCUT2D eigenvalue weighted by molar-refractivity contribution is -0.137. The lowest BCUT2D eigenvalue weighted by Crippen LogP contribution is -1.99. The molecule has 0 amide bonds. The van der Waals surface area contributed by atoms with Gasteiger partial charge < -0.3 is 9.47 Å². The van der Waals surface area contributed by atoms with Gasteiger partial charge in [0, 0.05) is 29.6 Å². The summed E-state index contributed by atoms with van der Waals surface area (Å²) < 4.78 is 10.2. The van der Waals surface area contributed by atoms with Gasteiger partial charge in [-0.1, -0.05) is 6.07 Å². The van der Waals surface area contributed by atoms with Crippen molar-refractivity contribution in [2.45, 2.75) is 6.92 Å². The van der Waals surface area contributed by atoms with Gasteiger partial charge in [0.2, 0.25) is 0 Å². The first-order chi connectivity index (χ1) is 10.2. The molecular formula is C16H16N2O3. The standard InChI is InChI=1S/C16H16N2O3/c1-3-21-16(19)7-5-13-8-12(4-6-15(13)20-2)14-9-17-11-18-10-14/h4-11H,3H2,1-2H3/b7-5+. The summed E-state index contributed by atoms with van der Waals surface area (Å²) >= 11 is 0. The molecule has 0 bridgehead atoms. The Morgan fingerprint density at radius 3 is 2.67 bits per heavy atom. The molecule has 0 unspecified atom stereocenters. The van der Waals surface area contributed by atoms with Gasteiger partial charge in [-0.15, -0.1) is 0 Å². The molecule has 2 aromatic rings. The summed E-state index contributed by atoms with van der Waals surface area (Å²) in [4.78, 5) is 19.4. The molecule has 0 radical (unpaired) electrons. The number of hydrogen-bond donors (Lipinski definition) is 0. The van der Waals surface area contributed by atoms with E-state index in [1.807, 2.05) is 18.2 Å². The van der Waals surface area contributed by atoms with Crippen LogP contribution < -0.4 is 4.74 Å². The zero-order valence-electron chi connectivity index (χ0n) is 11.9. The largest absolute Gasteiger partial charge is 0.496 e. The summed E-state index contributed by atoms with van der Waals surface area (Å²) in [5, 5.41) is 0. The van der Waals surface area contributed by atoms with Crippen LogP contribution in [0.15, 0.2) is 43.0 Å². The summed E-state index contributed by atoms with van der Waals surface area (Å²) in [6.07, 6.45) is 7.99. The Bertz CT molecular complexity index is 639. The molecule has 0 fully saturated rings. The van der Waals surface area contributed by atoms with Crippen LogP contribution in [0, 0.1) is 0 Å². The molecule has 0 aliphatic carbocycles. The lowest BCUT2D eigenvalue weighted by Gasteiger charge is -2.07. The van der Waals surface area contributed by atoms with E-state index in [9.17, 15) is 4.79 Å². The predicted octanol–water partition coefficient (Wildman–Crippen LogP) is 2.73. The van der Waals surface area contributed by atoms with Gasteiger partial charge in [-0.3, -0.25) is 0 Å². The van der Waals surface area contributed by atoms with E-state index in [4.69, 9.17) is 9.47 Å². The molecule has 0 spiro atoms. The van der Waals surface area contributed by atoms with E-state index in [-0.39, 0.29) is 5.97 Å². The zero-order valence-corrected chi connectivity index (χ0v) is 11.9. The Kier molecular flexibility index (Phi) is 5.04. The number of carbonyl (C=O) groups excluding carboxylic acids is 1. The van der Waals surface area contributed by atoms with Gasteiger partial charge in [0.1, 0.15) is 12.1 Å². The van der Waals surface area contributed by atoms with Crippen LogP contribution in [0.25, 0.3) is 17.2 Å². The predicted molar refractivity (Wildman–Crippen MR) is 79.7 cm³/mol. The molecule has 0 aliphatic heterocycles. The topological polar surface area (TPSA) is 61.3 Å². The van der Waals surface area contributed by atoms with E-state index < -0.39 is 0 Å². The molecule has 0 aliphatic rings. The maximum Gasteiger partial charge on any atom is 0.330 e. The molecule has 1 aromatic heterocycles. The third-order valence-electron chi connectivity index (χ3n) is 2.81. The Morgan fingerprint density at radius 2 is 2.00 bits per heavy atom. The van der Waals surface area contributed by atoms with Gasteiger partial charge in [-0.05, 0) is 30.7 Å². The number of rotatable bonds is 5. The molecule has 1 heterocycles. The zero-order chi connectivity index (χ0) is 15.1. The van der Waals surface area contributed by atoms with Gasteiger partial charge in [-0.2, -0.15) is 0 Å². The molecule has 0 saturated heterocycles. The van der Waals surface area contributed by atoms with Gasteiger partial charge >= 0.3 is 5.97 Å². The normalized spacial score (nSPS) is 10.6. The molecule has 21 heavy (non-hydrogen) atoms. The van der Waals surface area contributed by atoms with Crippen LogP contribution in [0.2, 0.25) is 0 Å². The number of ether oxygens (including phenoxy) is 2. The number of aromatic nitrogens is 2. The minimum Gasteiger partial charge on any atom is -0.496 e. The Labute approximate surface area is 123 Å². The van der Waals surface area contributed by atoms with Crippen molar-refractivity contribution in [2.75, 3.05) is 13.7 Å². The molecule has 5 nitrogen and oxygen atoms in total. The molecule has 0 atom stereocenters. The van der Waals surface area contributed by atoms with Crippen LogP contribution in [0.4, 0.5) is 0 Å². The second-order valence-electron chi connectivity index (χ2n) is 4.17. The van der Waals surface area contributed by atoms with Crippen molar-refractivity contribution in [3.63, 3.8) is 0 Å². The summed E-state index contributed by atoms with van der Waals surface area (Å²) in [5.74, 6) is 0.296. The smallest absolute Gasteiger partial charge is 0.330 e. The molecule has 108 valence electrons. The average molecular weight is 284 g/mol. The number of benzene rings is 1. The second-order valence-corrected chi connectivity index (χ2v) is 4.17. The molecule has 0 N–H and O–H groups in total. The van der Waals surface area contributed by atoms with E-state index in [1.54, 1.807) is 32.5 Å². The van der Waals surface area contributed by atoms with Crippen molar-refractivity contribution >= 4 is 12.0 Å². The van der Waals surface area contributed by atoms with Gasteiger partial charge in [-0.25, -0.2) is 14.8 Å². The van der Waals surface area contributed by atoms with E-state index in [0.29, 0.717) is 12.4 Å². The fourth-order valence-electron chi connectivity index (χ4n) is 1.84. The second kappa shape index (κ2) is 7.19. The van der Waals surface area contributed by atoms with Crippen molar-refractivity contribution in [3.05, 3.63) is 48.6 Å². The SMILES string of the molecule is CCOC(=O)/C=C/c1cc(-c2cncnc2)ccc1OC. The van der Waals surface area contributed by atoms with Gasteiger partial charge in [0.05, 0.1) is 13.7 Å². The monoisotopic (exact) mass is 284 g/mol. The number of hydrogen-bond acceptors (Lipinski definition) is 5. The van der Waals surface area contributed by atoms with Gasteiger partial charge in [0.25, 0.3) is 0 Å². The first-order valence-corrected chi connectivity index (χ1v) is 6.53. The van der Waals surface area contributed by atoms with Crippen LogP contribution in [-0.2, 0) is 9.53 Å². The number of carbonyl (C=O) groups is 1. The van der Waals surface area contributed by atoms with Crippen LogP contribution in [0.5, 0.6) is 5.75 Å². The first-order valence-electron chi connectivity index (χ1n) is 6.53. The van der Waals surface area contributed by atoms with Crippen molar-refractivity contribution in [3.8, 4) is 16.9 Å². The van der Waals surface area contributed by atoms with Crippen molar-refractivity contribution in [1.29, 1.82) is 0 Å². The van der Waals surface area contributed by atoms with E-state index in [2.05, 4.69) is 9.97 Å². The van der Waals surface area contributed by atoms with Crippen LogP contribution >= 0.6 is 0 Å². The molecule has 0 saturated carbocycles. The van der Waals surface area contributed by atoms with Gasteiger partial charge in [0.15, 0.2) is 0 Å². The summed E-state index contributed by atoms with van der Waals surface area (Å²) in [7, 11) is 1.59. The minimum absolute atomic E-state index is 0.349. The molecule has 2 rings (SSSR count). The van der Waals surface area contributed by atoms with E-state index in [0.717, 1.165) is 16.7 Å². The molecule has 5 heteroatoms. The maximum absolute atomic E-state index is 11.4. The van der Waals surface area contributed by atoms with Crippen LogP contribution in [0.1, 0.15) is 12.5 Å². The minimum atomic E-state index is -0.381. The third-order valence-corrected chi connectivity index (χ3v) is 2.81. The highest BCUT2D eigenvalue weighted by Gasteiger charge is 2.05. The highest BCUT2D eigenvalue weighted by Crippen LogP contribution is 2.26. The maximum atomic E-state index is 11.4. The fraction of sp³-hybridized carbons (Fsp3) is 0.188. The van der Waals surface area contributed by atoms with Crippen molar-refractivity contribution in [2.24, 2.45) is 0 Å². The number of esters is 1. The Morgan fingerprint density at radius 1 is 1.24 bits per heavy atom. The average Bonchev–Trinajstić information content (AvgIpc) is 2.54. The summed E-state index contributed by atoms with van der Waals surface area (Å²) in [6.45, 7) is 2.12. The lowest BCUT2D eigenvalue weighted by atomic mass is 10.0. The van der Waals surface area contributed by atoms with Crippen LogP contribution in [0.3, 0.4) is 0 Å². The summed E-state index contributed by atoms with van der Waals surface area (Å²) in [5.41, 5.74) is 2.62. The van der Waals surface area contributed by atoms with E-state index in [1.165, 1.54) is 12.4 Å². The number of methoxy groups -OCH3 is 1. The highest BCUT2D eigenvalue weighted by molar-refractivity contribution is 5.88. The number of nitrogens with zero attached hydrogens (tertiary/aromatic N) is 2. The summed E-state index contributed by atoms with van der Waals surface area (Å²) in [6, 6.07) is 5.67. The quantitative estimate of drug-likeness (QED) is 0.624. The van der Waals surface area contributed by atoms with E-state index >= 15 is 0 Å². The first kappa shape index (κ1) is 14.7. The third kappa shape index (κ3) is 3.89.